The van der Waals surface area contributed by atoms with Crippen molar-refractivity contribution in [1.82, 2.24) is 0 Å². The second kappa shape index (κ2) is 7.38. The maximum Gasteiger partial charge on any atom is 0.322 e. The molecule has 1 aliphatic heterocycles. The number of hydrogen-bond donors (Lipinski definition) is 0. The maximum absolute atomic E-state index is 12.1. The van der Waals surface area contributed by atoms with Crippen molar-refractivity contribution in [2.75, 3.05) is 6.61 Å². The molecular formula is C20H20O5. The number of hydrogen-bond acceptors (Lipinski definition) is 5. The summed E-state index contributed by atoms with van der Waals surface area (Å²) in [6.45, 7) is 3.92. The smallest absolute Gasteiger partial charge is 0.322 e. The van der Waals surface area contributed by atoms with Gasteiger partial charge in [-0.3, -0.25) is 9.59 Å². The first-order chi connectivity index (χ1) is 12.1. The summed E-state index contributed by atoms with van der Waals surface area (Å²) in [6, 6.07) is 11.6. The fourth-order valence-electron chi connectivity index (χ4n) is 2.86. The first-order valence-corrected chi connectivity index (χ1v) is 8.39. The highest BCUT2D eigenvalue weighted by molar-refractivity contribution is 5.92. The summed E-state index contributed by atoms with van der Waals surface area (Å²) < 4.78 is 16.3. The van der Waals surface area contributed by atoms with E-state index in [0.29, 0.717) is 24.3 Å². The van der Waals surface area contributed by atoms with E-state index in [4.69, 9.17) is 14.2 Å². The summed E-state index contributed by atoms with van der Waals surface area (Å²) in [5.74, 6) is 0.763. The number of carbonyl (C=O) groups is 2. The number of esters is 2. The van der Waals surface area contributed by atoms with E-state index in [0.717, 1.165) is 22.4 Å². The van der Waals surface area contributed by atoms with Crippen LogP contribution >= 0.6 is 0 Å². The summed E-state index contributed by atoms with van der Waals surface area (Å²) in [5, 5.41) is 0. The van der Waals surface area contributed by atoms with Crippen molar-refractivity contribution in [2.24, 2.45) is 0 Å². The Morgan fingerprint density at radius 2 is 1.84 bits per heavy atom. The highest BCUT2D eigenvalue weighted by Crippen LogP contribution is 2.42. The molecule has 0 radical (unpaired) electrons. The number of carbonyl (C=O) groups excluding carboxylic acids is 2. The van der Waals surface area contributed by atoms with Crippen molar-refractivity contribution < 1.29 is 23.8 Å². The Labute approximate surface area is 146 Å². The van der Waals surface area contributed by atoms with Gasteiger partial charge in [0.2, 0.25) is 0 Å². The lowest BCUT2D eigenvalue weighted by Crippen LogP contribution is -2.18. The lowest BCUT2D eigenvalue weighted by molar-refractivity contribution is -0.149. The van der Waals surface area contributed by atoms with E-state index in [-0.39, 0.29) is 6.61 Å². The molecule has 0 atom stereocenters. The van der Waals surface area contributed by atoms with Gasteiger partial charge in [0.15, 0.2) is 0 Å². The first-order valence-electron chi connectivity index (χ1n) is 8.39. The molecule has 0 spiro atoms. The normalized spacial score (nSPS) is 11.8. The molecule has 0 saturated heterocycles. The van der Waals surface area contributed by atoms with Gasteiger partial charge in [0.1, 0.15) is 23.7 Å². The lowest BCUT2D eigenvalue weighted by Gasteiger charge is -2.23. The van der Waals surface area contributed by atoms with E-state index in [1.54, 1.807) is 6.92 Å². The summed E-state index contributed by atoms with van der Waals surface area (Å²) in [6.07, 6.45) is 0.913. The third-order valence-electron chi connectivity index (χ3n) is 4.05. The second-order valence-electron chi connectivity index (χ2n) is 5.73. The Hall–Kier alpha value is -2.82. The van der Waals surface area contributed by atoms with Gasteiger partial charge in [-0.05, 0) is 36.6 Å². The predicted octanol–water partition coefficient (Wildman–Crippen LogP) is 3.80. The number of aryl methyl sites for hydroxylation is 1. The van der Waals surface area contributed by atoms with Crippen LogP contribution in [0.25, 0.3) is 0 Å². The van der Waals surface area contributed by atoms with E-state index in [2.05, 4.69) is 0 Å². The number of fused-ring (bicyclic) bond motifs is 2. The summed E-state index contributed by atoms with van der Waals surface area (Å²) in [4.78, 5) is 23.6. The molecule has 2 aromatic rings. The molecule has 0 amide bonds. The Kier molecular flexibility index (Phi) is 5.03. The minimum Gasteiger partial charge on any atom is -0.466 e. The molecule has 5 heteroatoms. The topological polar surface area (TPSA) is 61.8 Å². The van der Waals surface area contributed by atoms with E-state index < -0.39 is 18.4 Å². The molecule has 0 bridgehead atoms. The van der Waals surface area contributed by atoms with Crippen molar-refractivity contribution in [2.45, 2.75) is 33.1 Å². The van der Waals surface area contributed by atoms with Gasteiger partial charge in [-0.15, -0.1) is 0 Å². The van der Waals surface area contributed by atoms with Crippen LogP contribution in [0.4, 0.5) is 0 Å². The van der Waals surface area contributed by atoms with Gasteiger partial charge in [0, 0.05) is 12.0 Å². The average Bonchev–Trinajstić information content (AvgIpc) is 2.60. The van der Waals surface area contributed by atoms with E-state index in [1.165, 1.54) is 0 Å². The monoisotopic (exact) mass is 340 g/mol. The number of rotatable bonds is 5. The van der Waals surface area contributed by atoms with Crippen LogP contribution in [0, 0.1) is 0 Å². The minimum absolute atomic E-state index is 0.234. The van der Waals surface area contributed by atoms with Crippen LogP contribution in [0.2, 0.25) is 0 Å². The SMILES string of the molecule is CCOC(=O)CC(=O)Oc1c(CC)ccc2c1Cc1ccccc1O2. The molecule has 130 valence electrons. The third-order valence-corrected chi connectivity index (χ3v) is 4.05. The standard InChI is InChI=1S/C20H20O5/c1-3-13-9-10-17-15(11-14-7-5-6-8-16(14)24-17)20(13)25-19(22)12-18(21)23-4-2/h5-10H,3-4,11-12H2,1-2H3. The van der Waals surface area contributed by atoms with Crippen LogP contribution in [0.15, 0.2) is 36.4 Å². The van der Waals surface area contributed by atoms with Crippen LogP contribution in [-0.4, -0.2) is 18.5 Å². The molecule has 0 saturated carbocycles. The molecule has 3 rings (SSSR count). The molecule has 0 fully saturated rings. The van der Waals surface area contributed by atoms with Gasteiger partial charge in [-0.25, -0.2) is 0 Å². The highest BCUT2D eigenvalue weighted by Gasteiger charge is 2.24. The molecule has 0 N–H and O–H groups in total. The first kappa shape index (κ1) is 17.0. The van der Waals surface area contributed by atoms with Gasteiger partial charge in [0.25, 0.3) is 0 Å². The Morgan fingerprint density at radius 3 is 2.60 bits per heavy atom. The van der Waals surface area contributed by atoms with Gasteiger partial charge < -0.3 is 14.2 Å². The minimum atomic E-state index is -0.625. The van der Waals surface area contributed by atoms with Gasteiger partial charge >= 0.3 is 11.9 Å². The van der Waals surface area contributed by atoms with Crippen LogP contribution < -0.4 is 9.47 Å². The van der Waals surface area contributed by atoms with Crippen LogP contribution in [0.5, 0.6) is 17.2 Å². The number of para-hydroxylation sites is 1. The molecule has 1 heterocycles. The van der Waals surface area contributed by atoms with Crippen LogP contribution in [-0.2, 0) is 27.2 Å². The summed E-state index contributed by atoms with van der Waals surface area (Å²) in [7, 11) is 0. The molecule has 0 aliphatic carbocycles. The fourth-order valence-corrected chi connectivity index (χ4v) is 2.86. The third kappa shape index (κ3) is 3.65. The number of benzene rings is 2. The van der Waals surface area contributed by atoms with Crippen molar-refractivity contribution in [3.05, 3.63) is 53.1 Å². The molecule has 2 aromatic carbocycles. The Morgan fingerprint density at radius 1 is 1.04 bits per heavy atom. The quantitative estimate of drug-likeness (QED) is 0.401. The van der Waals surface area contributed by atoms with Gasteiger partial charge in [-0.2, -0.15) is 0 Å². The van der Waals surface area contributed by atoms with Crippen LogP contribution in [0.1, 0.15) is 37.0 Å². The largest absolute Gasteiger partial charge is 0.466 e. The molecule has 5 nitrogen and oxygen atoms in total. The van der Waals surface area contributed by atoms with Crippen LogP contribution in [0.3, 0.4) is 0 Å². The number of ether oxygens (including phenoxy) is 3. The van der Waals surface area contributed by atoms with E-state index >= 15 is 0 Å². The predicted molar refractivity (Wildman–Crippen MR) is 92.0 cm³/mol. The second-order valence-corrected chi connectivity index (χ2v) is 5.73. The van der Waals surface area contributed by atoms with Gasteiger partial charge in [-0.1, -0.05) is 31.2 Å². The maximum atomic E-state index is 12.1. The zero-order valence-electron chi connectivity index (χ0n) is 14.3. The van der Waals surface area contributed by atoms with Gasteiger partial charge in [0.05, 0.1) is 6.61 Å². The van der Waals surface area contributed by atoms with Crippen molar-refractivity contribution in [3.63, 3.8) is 0 Å². The van der Waals surface area contributed by atoms with E-state index in [1.807, 2.05) is 43.3 Å². The summed E-state index contributed by atoms with van der Waals surface area (Å²) >= 11 is 0. The summed E-state index contributed by atoms with van der Waals surface area (Å²) in [5.41, 5.74) is 2.76. The van der Waals surface area contributed by atoms with E-state index in [9.17, 15) is 9.59 Å². The van der Waals surface area contributed by atoms with Crippen molar-refractivity contribution in [1.29, 1.82) is 0 Å². The average molecular weight is 340 g/mol. The zero-order valence-corrected chi connectivity index (χ0v) is 14.3. The zero-order chi connectivity index (χ0) is 17.8. The molecule has 1 aliphatic rings. The molecule has 25 heavy (non-hydrogen) atoms. The Balaban J connectivity index is 1.89. The molecule has 0 unspecified atom stereocenters. The molecular weight excluding hydrogens is 320 g/mol. The van der Waals surface area contributed by atoms with Crippen molar-refractivity contribution in [3.8, 4) is 17.2 Å². The lowest BCUT2D eigenvalue weighted by atomic mass is 9.96. The molecule has 0 aromatic heterocycles. The highest BCUT2D eigenvalue weighted by atomic mass is 16.6. The van der Waals surface area contributed by atoms with Crippen molar-refractivity contribution >= 4 is 11.9 Å². The Bertz CT molecular complexity index is 810. The fraction of sp³-hybridized carbons (Fsp3) is 0.300.